The van der Waals surface area contributed by atoms with Crippen LogP contribution in [-0.2, 0) is 31.9 Å². The van der Waals surface area contributed by atoms with Gasteiger partial charge in [-0.15, -0.1) is 28.8 Å². The van der Waals surface area contributed by atoms with E-state index >= 15 is 0 Å². The maximum absolute atomic E-state index is 7.45. The summed E-state index contributed by atoms with van der Waals surface area (Å²) in [6, 6.07) is 59.8. The number of pyridine rings is 1. The van der Waals surface area contributed by atoms with Gasteiger partial charge in [0.15, 0.2) is 0 Å². The van der Waals surface area contributed by atoms with Crippen LogP contribution in [0.4, 0.5) is 5.69 Å². The summed E-state index contributed by atoms with van der Waals surface area (Å²) in [7, 11) is 0. The van der Waals surface area contributed by atoms with Gasteiger partial charge in [0, 0.05) is 40.1 Å². The molecule has 7 aromatic carbocycles. The number of nitrogens with zero attached hydrogens (tertiary/aromatic N) is 4. The molecule has 6 heteroatoms. The van der Waals surface area contributed by atoms with E-state index in [0.717, 1.165) is 39.2 Å². The van der Waals surface area contributed by atoms with Gasteiger partial charge in [-0.05, 0) is 117 Å². The molecule has 406 valence electrons. The van der Waals surface area contributed by atoms with E-state index in [1.807, 2.05) is 6.20 Å². The van der Waals surface area contributed by atoms with Crippen molar-refractivity contribution >= 4 is 33.5 Å². The Morgan fingerprint density at radius 1 is 0.608 bits per heavy atom. The van der Waals surface area contributed by atoms with Crippen LogP contribution in [0.1, 0.15) is 195 Å². The van der Waals surface area contributed by atoms with Gasteiger partial charge in [-0.25, -0.2) is 4.98 Å². The molecular weight excluding hydrogens is 1140 g/mol. The Morgan fingerprint density at radius 2 is 1.18 bits per heavy atom. The van der Waals surface area contributed by atoms with Crippen LogP contribution in [0.5, 0.6) is 11.5 Å². The fourth-order valence-electron chi connectivity index (χ4n) is 13.0. The number of amidine groups is 1. The van der Waals surface area contributed by atoms with Gasteiger partial charge in [-0.2, -0.15) is 6.07 Å². The molecule has 0 aliphatic carbocycles. The predicted octanol–water partition coefficient (Wildman–Crippen LogP) is 19.2. The summed E-state index contributed by atoms with van der Waals surface area (Å²) in [4.78, 5) is 13.8. The van der Waals surface area contributed by atoms with E-state index < -0.39 is 5.54 Å². The number of fused-ring (bicyclic) bond motifs is 5. The van der Waals surface area contributed by atoms with Crippen molar-refractivity contribution in [2.75, 3.05) is 4.90 Å². The maximum atomic E-state index is 7.45. The molecule has 0 saturated carbocycles. The molecule has 0 spiro atoms. The van der Waals surface area contributed by atoms with Crippen molar-refractivity contribution in [1.82, 2.24) is 9.55 Å². The van der Waals surface area contributed by atoms with Crippen LogP contribution in [0.15, 0.2) is 151 Å². The number of para-hydroxylation sites is 1. The Kier molecular flexibility index (Phi) is 14.7. The molecule has 9 aromatic rings. The van der Waals surface area contributed by atoms with Crippen molar-refractivity contribution in [2.45, 2.75) is 163 Å². The van der Waals surface area contributed by atoms with Gasteiger partial charge in [0.1, 0.15) is 5.65 Å². The number of rotatable bonds is 12. The van der Waals surface area contributed by atoms with Crippen LogP contribution in [0, 0.1) is 19.1 Å². The number of aryl methyl sites for hydroxylation is 1. The minimum atomic E-state index is -0.577. The summed E-state index contributed by atoms with van der Waals surface area (Å²) in [6.45, 7) is 37.0. The minimum Gasteiger partial charge on any atom is -0.503 e. The maximum Gasteiger partial charge on any atom is 2.00 e. The first-order valence-corrected chi connectivity index (χ1v) is 28.6. The zero-order valence-electron chi connectivity index (χ0n) is 49.3. The molecule has 0 radical (unpaired) electrons. The third-order valence-corrected chi connectivity index (χ3v) is 17.1. The molecule has 2 aliphatic rings. The van der Waals surface area contributed by atoms with Crippen molar-refractivity contribution in [3.63, 3.8) is 0 Å². The second-order valence-electron chi connectivity index (χ2n) is 25.7. The summed E-state index contributed by atoms with van der Waals surface area (Å²) >= 11 is 0. The molecule has 0 unspecified atom stereocenters. The third-order valence-electron chi connectivity index (χ3n) is 17.1. The van der Waals surface area contributed by atoms with Crippen LogP contribution in [0.25, 0.3) is 38.8 Å². The number of anilines is 1. The van der Waals surface area contributed by atoms with Crippen molar-refractivity contribution in [1.29, 1.82) is 0 Å². The van der Waals surface area contributed by atoms with Gasteiger partial charge in [0.2, 0.25) is 0 Å². The third kappa shape index (κ3) is 9.60. The van der Waals surface area contributed by atoms with Crippen molar-refractivity contribution in [3.8, 4) is 28.3 Å². The van der Waals surface area contributed by atoms with Gasteiger partial charge >= 0.3 is 21.1 Å². The zero-order valence-corrected chi connectivity index (χ0v) is 51.6. The Balaban J connectivity index is 0.00000704. The van der Waals surface area contributed by atoms with Crippen LogP contribution in [0.3, 0.4) is 0 Å². The summed E-state index contributed by atoms with van der Waals surface area (Å²) in [5.41, 5.74) is 19.1. The van der Waals surface area contributed by atoms with Crippen LogP contribution in [-0.4, -0.2) is 27.0 Å². The van der Waals surface area contributed by atoms with Crippen LogP contribution in [0.2, 0.25) is 0 Å². The average molecular weight is 1220 g/mol. The molecule has 1 atom stereocenters. The van der Waals surface area contributed by atoms with E-state index in [0.29, 0.717) is 11.5 Å². The molecule has 4 heterocycles. The topological polar surface area (TPSA) is 42.6 Å². The molecule has 11 rings (SSSR count). The SMILES string of the molecule is Cc1cc2c([c-]c1Oc1[c-]c(C3=NC(C)(C)[C@H](C(c4ccccc4)c4ccccc4)N3c3c(C(C)C)cccc3C(C)C)cc(-c3c(C(C)C)cccc3C(C)C)c1)-n1c3ncccc3c3cc(C(C)(C)C)cc(c31)C2(C)C.[Pt+2]. The number of ether oxygens (including phenoxy) is 1. The largest absolute Gasteiger partial charge is 2.00 e. The molecular formula is C73H78N4OPt. The van der Waals surface area contributed by atoms with Gasteiger partial charge in [0.25, 0.3) is 0 Å². The molecule has 2 aliphatic heterocycles. The van der Waals surface area contributed by atoms with Crippen molar-refractivity contribution < 1.29 is 25.8 Å². The van der Waals surface area contributed by atoms with E-state index in [-0.39, 0.29) is 67.5 Å². The quantitative estimate of drug-likeness (QED) is 0.115. The fourth-order valence-corrected chi connectivity index (χ4v) is 13.0. The van der Waals surface area contributed by atoms with E-state index in [9.17, 15) is 0 Å². The summed E-state index contributed by atoms with van der Waals surface area (Å²) in [6.07, 6.45) is 1.91. The summed E-state index contributed by atoms with van der Waals surface area (Å²) < 4.78 is 9.80. The van der Waals surface area contributed by atoms with Crippen LogP contribution < -0.4 is 9.64 Å². The number of aliphatic imine (C=N–C) groups is 1. The molecule has 2 aromatic heterocycles. The van der Waals surface area contributed by atoms with Gasteiger partial charge < -0.3 is 19.2 Å². The first-order valence-electron chi connectivity index (χ1n) is 28.6. The Labute approximate surface area is 485 Å². The molecule has 0 amide bonds. The molecule has 0 N–H and O–H groups in total. The molecule has 79 heavy (non-hydrogen) atoms. The van der Waals surface area contributed by atoms with E-state index in [1.165, 1.54) is 72.2 Å². The summed E-state index contributed by atoms with van der Waals surface area (Å²) in [5.74, 6) is 3.16. The van der Waals surface area contributed by atoms with E-state index in [2.05, 4.69) is 272 Å². The Bertz CT molecular complexity index is 3700. The fraction of sp³-hybridized carbons (Fsp3) is 0.342. The normalized spacial score (nSPS) is 15.7. The van der Waals surface area contributed by atoms with Gasteiger partial charge in [-0.3, -0.25) is 0 Å². The van der Waals surface area contributed by atoms with Gasteiger partial charge in [-0.1, -0.05) is 223 Å². The number of hydrogen-bond donors (Lipinski definition) is 0. The second-order valence-corrected chi connectivity index (χ2v) is 25.7. The predicted molar refractivity (Wildman–Crippen MR) is 328 cm³/mol. The molecule has 5 nitrogen and oxygen atoms in total. The standard InChI is InChI=1S/C73H78N4O.Pt/c1-43(2)54-30-23-31-55(44(3)4)65(54)50-37-51(69-75-73(15,16)68(64(48-26-19-17-20-27-48)49-28-21-18-22-29-49)77(69)66-56(45(5)6)32-24-33-57(66)46(7)8)39-53(38-50)78-63-42-62-60(36-47(63)9)72(13,14)61-41-52(71(10,11)12)40-59-58-34-25-35-74-70(58)76(62)67(59)61;/h17-38,40-41,43-46,64,68H,1-16H3;/q-2;+2/t68-;/m0./s1. The Morgan fingerprint density at radius 3 is 1.73 bits per heavy atom. The smallest absolute Gasteiger partial charge is 0.503 e. The first kappa shape index (κ1) is 55.8. The number of hydrogen-bond acceptors (Lipinski definition) is 4. The van der Waals surface area contributed by atoms with Crippen molar-refractivity contribution in [3.05, 3.63) is 219 Å². The van der Waals surface area contributed by atoms with Gasteiger partial charge in [0.05, 0.1) is 22.9 Å². The molecule has 0 saturated heterocycles. The molecule has 0 bridgehead atoms. The van der Waals surface area contributed by atoms with Crippen LogP contribution >= 0.6 is 0 Å². The monoisotopic (exact) mass is 1220 g/mol. The van der Waals surface area contributed by atoms with Crippen molar-refractivity contribution in [2.24, 2.45) is 4.99 Å². The molecule has 0 fully saturated rings. The minimum absolute atomic E-state index is 0. The van der Waals surface area contributed by atoms with E-state index in [1.54, 1.807) is 0 Å². The summed E-state index contributed by atoms with van der Waals surface area (Å²) in [5, 5.41) is 2.36. The number of aromatic nitrogens is 2. The zero-order chi connectivity index (χ0) is 55.3. The first-order chi connectivity index (χ1) is 37.1. The Hall–Kier alpha value is -6.55. The number of benzene rings is 7. The average Bonchev–Trinajstić information content (AvgIpc) is 4.11. The van der Waals surface area contributed by atoms with E-state index in [4.69, 9.17) is 14.7 Å². The second kappa shape index (κ2) is 20.8.